The molecule has 1 aliphatic heterocycles. The summed E-state index contributed by atoms with van der Waals surface area (Å²) in [7, 11) is 1.66. The molecule has 0 aliphatic carbocycles. The third-order valence-corrected chi connectivity index (χ3v) is 7.11. The summed E-state index contributed by atoms with van der Waals surface area (Å²) in [5.74, 6) is 1.87. The van der Waals surface area contributed by atoms with E-state index in [1.54, 1.807) is 18.4 Å². The van der Waals surface area contributed by atoms with Gasteiger partial charge < -0.3 is 19.5 Å². The van der Waals surface area contributed by atoms with Crippen molar-refractivity contribution in [3.8, 4) is 16.5 Å². The van der Waals surface area contributed by atoms with Crippen molar-refractivity contribution in [1.29, 1.82) is 0 Å². The Balaban J connectivity index is 1.53. The van der Waals surface area contributed by atoms with Crippen molar-refractivity contribution in [2.45, 2.75) is 19.4 Å². The molecule has 1 aliphatic rings. The summed E-state index contributed by atoms with van der Waals surface area (Å²) >= 11 is 7.39. The number of thiocarbonyl (C=S) groups is 1. The van der Waals surface area contributed by atoms with Crippen molar-refractivity contribution in [1.82, 2.24) is 20.4 Å². The molecule has 0 amide bonds. The van der Waals surface area contributed by atoms with Crippen molar-refractivity contribution >= 4 is 34.2 Å². The van der Waals surface area contributed by atoms with E-state index in [0.717, 1.165) is 40.4 Å². The van der Waals surface area contributed by atoms with Crippen LogP contribution in [0.15, 0.2) is 82.3 Å². The molecule has 3 heterocycles. The van der Waals surface area contributed by atoms with Crippen molar-refractivity contribution in [2.24, 2.45) is 0 Å². The van der Waals surface area contributed by atoms with Crippen LogP contribution >= 0.6 is 23.6 Å². The average molecular weight is 489 g/mol. The molecule has 0 fully saturated rings. The maximum atomic E-state index is 5.81. The van der Waals surface area contributed by atoms with E-state index in [9.17, 15) is 0 Å². The average Bonchev–Trinajstić information content (AvgIpc) is 3.57. The molecule has 6 nitrogen and oxygen atoms in total. The number of allylic oxidation sites excluding steroid dienone is 1. The number of nitrogens with one attached hydrogen (secondary N) is 1. The van der Waals surface area contributed by atoms with Crippen LogP contribution in [0.3, 0.4) is 0 Å². The van der Waals surface area contributed by atoms with Crippen LogP contribution in [-0.2, 0) is 6.42 Å². The first-order valence-corrected chi connectivity index (χ1v) is 12.3. The second kappa shape index (κ2) is 9.79. The minimum Gasteiger partial charge on any atom is -0.497 e. The third-order valence-electron chi connectivity index (χ3n) is 5.91. The van der Waals surface area contributed by atoms with Gasteiger partial charge in [0.25, 0.3) is 5.89 Å². The SMILES string of the molecule is COc1ccc(C2NC(=S)N(CCc3ccccc3)C(C)=C2c2nc(-c3cccs3)no2)cc1. The van der Waals surface area contributed by atoms with Gasteiger partial charge in [0, 0.05) is 12.2 Å². The predicted molar refractivity (Wildman–Crippen MR) is 139 cm³/mol. The summed E-state index contributed by atoms with van der Waals surface area (Å²) < 4.78 is 11.1. The number of hydrogen-bond acceptors (Lipinski definition) is 6. The van der Waals surface area contributed by atoms with E-state index >= 15 is 0 Å². The number of ether oxygens (including phenoxy) is 1. The van der Waals surface area contributed by atoms with Gasteiger partial charge in [-0.25, -0.2) is 0 Å². The fraction of sp³-hybridized carbons (Fsp3) is 0.192. The number of rotatable bonds is 7. The molecular weight excluding hydrogens is 464 g/mol. The van der Waals surface area contributed by atoms with Crippen LogP contribution in [0.2, 0.25) is 0 Å². The van der Waals surface area contributed by atoms with E-state index in [0.29, 0.717) is 16.8 Å². The maximum Gasteiger partial charge on any atom is 0.258 e. The molecule has 2 aromatic carbocycles. The van der Waals surface area contributed by atoms with Gasteiger partial charge in [-0.2, -0.15) is 4.98 Å². The fourth-order valence-corrected chi connectivity index (χ4v) is 5.09. The van der Waals surface area contributed by atoms with Crippen molar-refractivity contribution in [2.75, 3.05) is 13.7 Å². The molecule has 0 radical (unpaired) electrons. The van der Waals surface area contributed by atoms with Crippen LogP contribution in [0.25, 0.3) is 16.3 Å². The van der Waals surface area contributed by atoms with E-state index in [2.05, 4.69) is 46.6 Å². The van der Waals surface area contributed by atoms with Gasteiger partial charge in [0.05, 0.1) is 23.6 Å². The standard InChI is InChI=1S/C26H24N4O2S2/c1-17-22(25-28-24(29-32-25)21-9-6-16-34-21)23(19-10-12-20(31-2)13-11-19)27-26(33)30(17)15-14-18-7-4-3-5-8-18/h3-13,16,23H,14-15H2,1-2H3,(H,27,33). The molecule has 1 unspecified atom stereocenters. The first-order chi connectivity index (χ1) is 16.6. The van der Waals surface area contributed by atoms with Crippen LogP contribution in [0.5, 0.6) is 5.75 Å². The zero-order valence-corrected chi connectivity index (χ0v) is 20.5. The summed E-state index contributed by atoms with van der Waals surface area (Å²) in [5.41, 5.74) is 4.22. The van der Waals surface area contributed by atoms with E-state index in [1.807, 2.05) is 47.8 Å². The Morgan fingerprint density at radius 1 is 1.09 bits per heavy atom. The molecule has 8 heteroatoms. The smallest absolute Gasteiger partial charge is 0.258 e. The van der Waals surface area contributed by atoms with Crippen LogP contribution in [-0.4, -0.2) is 33.8 Å². The van der Waals surface area contributed by atoms with Gasteiger partial charge in [-0.3, -0.25) is 0 Å². The minimum absolute atomic E-state index is 0.219. The first-order valence-electron chi connectivity index (χ1n) is 11.0. The van der Waals surface area contributed by atoms with E-state index < -0.39 is 0 Å². The number of methoxy groups -OCH3 is 1. The van der Waals surface area contributed by atoms with Gasteiger partial charge in [-0.05, 0) is 60.3 Å². The van der Waals surface area contributed by atoms with Crippen LogP contribution < -0.4 is 10.1 Å². The lowest BCUT2D eigenvalue weighted by Gasteiger charge is -2.37. The summed E-state index contributed by atoms with van der Waals surface area (Å²) in [6, 6.07) is 22.1. The quantitative estimate of drug-likeness (QED) is 0.334. The van der Waals surface area contributed by atoms with Crippen molar-refractivity contribution in [3.63, 3.8) is 0 Å². The van der Waals surface area contributed by atoms with Gasteiger partial charge in [0.1, 0.15) is 5.75 Å². The van der Waals surface area contributed by atoms with E-state index in [4.69, 9.17) is 26.5 Å². The topological polar surface area (TPSA) is 63.4 Å². The Morgan fingerprint density at radius 2 is 1.88 bits per heavy atom. The zero-order valence-electron chi connectivity index (χ0n) is 18.9. The number of thiophene rings is 1. The summed E-state index contributed by atoms with van der Waals surface area (Å²) in [4.78, 5) is 7.84. The highest BCUT2D eigenvalue weighted by molar-refractivity contribution is 7.80. The van der Waals surface area contributed by atoms with E-state index in [1.165, 1.54) is 5.56 Å². The molecule has 0 saturated heterocycles. The third kappa shape index (κ3) is 4.47. The molecule has 172 valence electrons. The number of nitrogens with zero attached hydrogens (tertiary/aromatic N) is 3. The molecule has 0 saturated carbocycles. The number of aromatic nitrogens is 2. The van der Waals surface area contributed by atoms with Crippen molar-refractivity contribution in [3.05, 3.63) is 94.8 Å². The Hall–Kier alpha value is -3.49. The Kier molecular flexibility index (Phi) is 6.42. The summed E-state index contributed by atoms with van der Waals surface area (Å²) in [6.45, 7) is 2.81. The highest BCUT2D eigenvalue weighted by atomic mass is 32.1. The van der Waals surface area contributed by atoms with Gasteiger partial charge in [0.2, 0.25) is 5.82 Å². The van der Waals surface area contributed by atoms with Gasteiger partial charge in [-0.15, -0.1) is 11.3 Å². The Bertz CT molecular complexity index is 1300. The van der Waals surface area contributed by atoms with Crippen LogP contribution in [0, 0.1) is 0 Å². The number of hydrogen-bond donors (Lipinski definition) is 1. The Labute approximate surface area is 207 Å². The summed E-state index contributed by atoms with van der Waals surface area (Å²) in [6.07, 6.45) is 0.866. The van der Waals surface area contributed by atoms with Crippen LogP contribution in [0.4, 0.5) is 0 Å². The second-order valence-corrected chi connectivity index (χ2v) is 9.28. The lowest BCUT2D eigenvalue weighted by atomic mass is 9.94. The molecule has 34 heavy (non-hydrogen) atoms. The first kappa shape index (κ1) is 22.3. The molecule has 1 N–H and O–H groups in total. The molecule has 0 spiro atoms. The highest BCUT2D eigenvalue weighted by Gasteiger charge is 2.34. The Morgan fingerprint density at radius 3 is 2.59 bits per heavy atom. The minimum atomic E-state index is -0.219. The molecular formula is C26H24N4O2S2. The summed E-state index contributed by atoms with van der Waals surface area (Å²) in [5, 5.41) is 10.4. The van der Waals surface area contributed by atoms with Crippen molar-refractivity contribution < 1.29 is 9.26 Å². The number of benzene rings is 2. The normalized spacial score (nSPS) is 16.0. The molecule has 4 aromatic rings. The molecule has 5 rings (SSSR count). The molecule has 0 bridgehead atoms. The van der Waals surface area contributed by atoms with Gasteiger partial charge in [0.15, 0.2) is 5.11 Å². The lowest BCUT2D eigenvalue weighted by Crippen LogP contribution is -2.46. The second-order valence-electron chi connectivity index (χ2n) is 7.94. The fourth-order valence-electron chi connectivity index (χ4n) is 4.10. The highest BCUT2D eigenvalue weighted by Crippen LogP contribution is 2.38. The predicted octanol–water partition coefficient (Wildman–Crippen LogP) is 5.71. The monoisotopic (exact) mass is 488 g/mol. The molecule has 2 aromatic heterocycles. The van der Waals surface area contributed by atoms with Gasteiger partial charge in [-0.1, -0.05) is 53.7 Å². The zero-order chi connectivity index (χ0) is 23.5. The molecule has 1 atom stereocenters. The largest absolute Gasteiger partial charge is 0.497 e. The maximum absolute atomic E-state index is 5.81. The lowest BCUT2D eigenvalue weighted by molar-refractivity contribution is 0.397. The van der Waals surface area contributed by atoms with E-state index in [-0.39, 0.29) is 6.04 Å². The van der Waals surface area contributed by atoms with Gasteiger partial charge >= 0.3 is 0 Å². The van der Waals surface area contributed by atoms with Crippen LogP contribution in [0.1, 0.15) is 30.0 Å².